The molecule has 1 aromatic heterocycles. The van der Waals surface area contributed by atoms with Gasteiger partial charge in [0.1, 0.15) is 0 Å². The number of hydrogen-bond acceptors (Lipinski definition) is 3. The van der Waals surface area contributed by atoms with E-state index in [1.54, 1.807) is 29.2 Å². The van der Waals surface area contributed by atoms with Gasteiger partial charge in [-0.1, -0.05) is 54.6 Å². The van der Waals surface area contributed by atoms with Gasteiger partial charge in [0.2, 0.25) is 5.91 Å². The van der Waals surface area contributed by atoms with Gasteiger partial charge in [-0.05, 0) is 42.4 Å². The van der Waals surface area contributed by atoms with Gasteiger partial charge in [0.15, 0.2) is 0 Å². The standard InChI is InChI=1S/C26H28FN3O2/c1-19(31)29-26(27,18-21-7-3-2-4-8-21)25(32)30-15-12-20(13-16-30)17-23-10-5-9-22-11-6-14-28-24(22)23/h2-11,14,20H,12-13,15-18H2,1H3,(H,29,31)/t26-/m0/s1. The third-order valence-corrected chi connectivity index (χ3v) is 6.13. The molecule has 166 valence electrons. The van der Waals surface area contributed by atoms with E-state index in [9.17, 15) is 9.59 Å². The maximum absolute atomic E-state index is 15.8. The van der Waals surface area contributed by atoms with Crippen LogP contribution in [-0.4, -0.2) is 40.6 Å². The van der Waals surface area contributed by atoms with Crippen LogP contribution in [-0.2, 0) is 22.4 Å². The zero-order valence-corrected chi connectivity index (χ0v) is 18.3. The summed E-state index contributed by atoms with van der Waals surface area (Å²) in [5, 5.41) is 3.39. The van der Waals surface area contributed by atoms with Gasteiger partial charge in [-0.25, -0.2) is 4.39 Å². The Morgan fingerprint density at radius 3 is 2.50 bits per heavy atom. The van der Waals surface area contributed by atoms with Gasteiger partial charge in [-0.3, -0.25) is 14.6 Å². The second-order valence-corrected chi connectivity index (χ2v) is 8.58. The molecule has 0 unspecified atom stereocenters. The minimum Gasteiger partial charge on any atom is -0.338 e. The van der Waals surface area contributed by atoms with Crippen molar-refractivity contribution in [2.75, 3.05) is 13.1 Å². The molecule has 6 heteroatoms. The molecule has 2 heterocycles. The van der Waals surface area contributed by atoms with E-state index in [0.717, 1.165) is 30.2 Å². The van der Waals surface area contributed by atoms with Crippen LogP contribution in [0.1, 0.15) is 30.9 Å². The minimum absolute atomic E-state index is 0.187. The van der Waals surface area contributed by atoms with E-state index in [-0.39, 0.29) is 6.42 Å². The fourth-order valence-corrected chi connectivity index (χ4v) is 4.56. The Bertz CT molecular complexity index is 1090. The molecule has 0 radical (unpaired) electrons. The summed E-state index contributed by atoms with van der Waals surface area (Å²) in [6.07, 6.45) is 4.08. The van der Waals surface area contributed by atoms with Crippen molar-refractivity contribution in [2.24, 2.45) is 5.92 Å². The lowest BCUT2D eigenvalue weighted by Crippen LogP contribution is -2.59. The van der Waals surface area contributed by atoms with Crippen LogP contribution in [0, 0.1) is 5.92 Å². The summed E-state index contributed by atoms with van der Waals surface area (Å²) >= 11 is 0. The first-order valence-corrected chi connectivity index (χ1v) is 11.1. The summed E-state index contributed by atoms with van der Waals surface area (Å²) in [6, 6.07) is 19.1. The Hall–Kier alpha value is -3.28. The molecule has 1 aliphatic rings. The van der Waals surface area contributed by atoms with Crippen molar-refractivity contribution in [3.63, 3.8) is 0 Å². The smallest absolute Gasteiger partial charge is 0.281 e. The first-order valence-electron chi connectivity index (χ1n) is 11.1. The number of likely N-dealkylation sites (tertiary alicyclic amines) is 1. The van der Waals surface area contributed by atoms with Gasteiger partial charge in [0.05, 0.1) is 5.52 Å². The van der Waals surface area contributed by atoms with Crippen LogP contribution >= 0.6 is 0 Å². The Morgan fingerprint density at radius 1 is 1.06 bits per heavy atom. The number of nitrogens with one attached hydrogen (secondary N) is 1. The second-order valence-electron chi connectivity index (χ2n) is 8.58. The summed E-state index contributed by atoms with van der Waals surface area (Å²) in [5.41, 5.74) is 2.88. The first kappa shape index (κ1) is 21.9. The first-order chi connectivity index (χ1) is 15.4. The highest BCUT2D eigenvalue weighted by atomic mass is 19.1. The fraction of sp³-hybridized carbons (Fsp3) is 0.346. The molecule has 0 spiro atoms. The highest BCUT2D eigenvalue weighted by molar-refractivity contribution is 5.89. The third kappa shape index (κ3) is 4.96. The van der Waals surface area contributed by atoms with E-state index < -0.39 is 17.6 Å². The monoisotopic (exact) mass is 433 g/mol. The molecule has 2 amide bonds. The largest absolute Gasteiger partial charge is 0.338 e. The predicted octanol–water partition coefficient (Wildman–Crippen LogP) is 4.06. The lowest BCUT2D eigenvalue weighted by molar-refractivity contribution is -0.151. The molecule has 32 heavy (non-hydrogen) atoms. The Morgan fingerprint density at radius 2 is 1.78 bits per heavy atom. The van der Waals surface area contributed by atoms with Gasteiger partial charge in [0.25, 0.3) is 11.7 Å². The number of halogens is 1. The average Bonchev–Trinajstić information content (AvgIpc) is 2.79. The van der Waals surface area contributed by atoms with Crippen LogP contribution in [0.2, 0.25) is 0 Å². The highest BCUT2D eigenvalue weighted by Crippen LogP contribution is 2.27. The van der Waals surface area contributed by atoms with Crippen LogP contribution < -0.4 is 5.32 Å². The van der Waals surface area contributed by atoms with Crippen LogP contribution in [0.5, 0.6) is 0 Å². The number of fused-ring (bicyclic) bond motifs is 1. The Labute approximate surface area is 187 Å². The van der Waals surface area contributed by atoms with Crippen LogP contribution in [0.25, 0.3) is 10.9 Å². The third-order valence-electron chi connectivity index (χ3n) is 6.13. The maximum Gasteiger partial charge on any atom is 0.281 e. The molecule has 1 aliphatic heterocycles. The number of carbonyl (C=O) groups is 2. The van der Waals surface area contributed by atoms with Gasteiger partial charge in [0, 0.05) is 38.0 Å². The summed E-state index contributed by atoms with van der Waals surface area (Å²) in [7, 11) is 0. The zero-order chi connectivity index (χ0) is 22.6. The highest BCUT2D eigenvalue weighted by Gasteiger charge is 2.43. The number of rotatable bonds is 6. The van der Waals surface area contributed by atoms with E-state index >= 15 is 4.39 Å². The van der Waals surface area contributed by atoms with Gasteiger partial charge in [-0.15, -0.1) is 0 Å². The normalized spacial score (nSPS) is 16.5. The molecule has 0 bridgehead atoms. The molecule has 1 N–H and O–H groups in total. The average molecular weight is 434 g/mol. The number of benzene rings is 2. The van der Waals surface area contributed by atoms with Crippen molar-refractivity contribution in [1.82, 2.24) is 15.2 Å². The van der Waals surface area contributed by atoms with Crippen molar-refractivity contribution in [1.29, 1.82) is 0 Å². The summed E-state index contributed by atoms with van der Waals surface area (Å²) in [5.74, 6) is -3.27. The summed E-state index contributed by atoms with van der Waals surface area (Å²) < 4.78 is 15.8. The van der Waals surface area contributed by atoms with E-state index in [1.807, 2.05) is 24.4 Å². The second kappa shape index (κ2) is 9.47. The van der Waals surface area contributed by atoms with Crippen LogP contribution in [0.15, 0.2) is 66.9 Å². The number of para-hydroxylation sites is 1. The van der Waals surface area contributed by atoms with E-state index in [2.05, 4.69) is 28.5 Å². The van der Waals surface area contributed by atoms with E-state index in [1.165, 1.54) is 12.5 Å². The Kier molecular flexibility index (Phi) is 6.49. The van der Waals surface area contributed by atoms with E-state index in [0.29, 0.717) is 24.6 Å². The van der Waals surface area contributed by atoms with Crippen molar-refractivity contribution in [2.45, 2.75) is 38.4 Å². The zero-order valence-electron chi connectivity index (χ0n) is 18.3. The number of hydrogen-bond donors (Lipinski definition) is 1. The van der Waals surface area contributed by atoms with Gasteiger partial charge >= 0.3 is 0 Å². The molecular weight excluding hydrogens is 405 g/mol. The summed E-state index contributed by atoms with van der Waals surface area (Å²) in [4.78, 5) is 30.9. The molecule has 1 atom stereocenters. The minimum atomic E-state index is -2.44. The number of carbonyl (C=O) groups excluding carboxylic acids is 2. The van der Waals surface area contributed by atoms with Crippen molar-refractivity contribution >= 4 is 22.7 Å². The van der Waals surface area contributed by atoms with Crippen molar-refractivity contribution in [3.05, 3.63) is 78.0 Å². The number of nitrogens with zero attached hydrogens (tertiary/aromatic N) is 2. The topological polar surface area (TPSA) is 62.3 Å². The van der Waals surface area contributed by atoms with Crippen LogP contribution in [0.4, 0.5) is 4.39 Å². The molecule has 5 nitrogen and oxygen atoms in total. The van der Waals surface area contributed by atoms with Crippen molar-refractivity contribution in [3.8, 4) is 0 Å². The molecule has 3 aromatic rings. The summed E-state index contributed by atoms with van der Waals surface area (Å²) in [6.45, 7) is 2.18. The number of piperidine rings is 1. The van der Waals surface area contributed by atoms with E-state index in [4.69, 9.17) is 0 Å². The van der Waals surface area contributed by atoms with Crippen molar-refractivity contribution < 1.29 is 14.0 Å². The number of amides is 2. The molecule has 1 saturated heterocycles. The van der Waals surface area contributed by atoms with Gasteiger partial charge in [-0.2, -0.15) is 0 Å². The molecule has 0 aliphatic carbocycles. The number of pyridine rings is 1. The maximum atomic E-state index is 15.8. The SMILES string of the molecule is CC(=O)N[C@@](F)(Cc1ccccc1)C(=O)N1CCC(Cc2cccc3cccnc23)CC1. The lowest BCUT2D eigenvalue weighted by atomic mass is 9.88. The fourth-order valence-electron chi connectivity index (χ4n) is 4.56. The molecule has 4 rings (SSSR count). The Balaban J connectivity index is 1.42. The molecule has 2 aromatic carbocycles. The quantitative estimate of drug-likeness (QED) is 0.597. The molecular formula is C26H28FN3O2. The lowest BCUT2D eigenvalue weighted by Gasteiger charge is -2.36. The van der Waals surface area contributed by atoms with Crippen LogP contribution in [0.3, 0.4) is 0 Å². The number of aromatic nitrogens is 1. The predicted molar refractivity (Wildman–Crippen MR) is 123 cm³/mol. The molecule has 1 fully saturated rings. The number of alkyl halides is 1. The molecule has 0 saturated carbocycles. The van der Waals surface area contributed by atoms with Gasteiger partial charge < -0.3 is 10.2 Å².